The third kappa shape index (κ3) is 3.27. The lowest BCUT2D eigenvalue weighted by molar-refractivity contribution is -0.138. The van der Waals surface area contributed by atoms with E-state index < -0.39 is 17.9 Å². The lowest BCUT2D eigenvalue weighted by Gasteiger charge is -2.11. The Balaban J connectivity index is 2.75. The summed E-state index contributed by atoms with van der Waals surface area (Å²) in [4.78, 5) is 22.4. The second-order valence-corrected chi connectivity index (χ2v) is 3.78. The quantitative estimate of drug-likeness (QED) is 0.689. The van der Waals surface area contributed by atoms with Gasteiger partial charge >= 0.3 is 5.97 Å². The van der Waals surface area contributed by atoms with Gasteiger partial charge in [-0.15, -0.1) is 0 Å². The molecule has 0 spiro atoms. The molecule has 0 radical (unpaired) electrons. The van der Waals surface area contributed by atoms with E-state index in [9.17, 15) is 9.59 Å². The van der Waals surface area contributed by atoms with Crippen LogP contribution in [0.2, 0.25) is 0 Å². The molecule has 1 rings (SSSR count). The zero-order chi connectivity index (χ0) is 12.1. The Morgan fingerprint density at radius 2 is 2.19 bits per heavy atom. The van der Waals surface area contributed by atoms with Crippen LogP contribution in [0.5, 0.6) is 0 Å². The van der Waals surface area contributed by atoms with E-state index in [2.05, 4.69) is 17.9 Å². The van der Waals surface area contributed by atoms with Crippen LogP contribution >= 0.6 is 12.6 Å². The molecular weight excluding hydrogens is 226 g/mol. The molecule has 1 amide bonds. The van der Waals surface area contributed by atoms with Crippen molar-refractivity contribution < 1.29 is 14.7 Å². The van der Waals surface area contributed by atoms with Crippen molar-refractivity contribution in [1.29, 1.82) is 0 Å². The summed E-state index contributed by atoms with van der Waals surface area (Å²) in [6, 6.07) is 5.99. The summed E-state index contributed by atoms with van der Waals surface area (Å²) in [5.74, 6) is -1.42. The molecule has 0 aliphatic carbocycles. The Bertz CT molecular complexity index is 406. The Labute approximate surface area is 99.1 Å². The summed E-state index contributed by atoms with van der Waals surface area (Å²) in [5.41, 5.74) is 1.40. The van der Waals surface area contributed by atoms with Gasteiger partial charge in [0.15, 0.2) is 0 Å². The van der Waals surface area contributed by atoms with Crippen LogP contribution in [-0.2, 0) is 4.79 Å². The highest BCUT2D eigenvalue weighted by Crippen LogP contribution is 2.04. The van der Waals surface area contributed by atoms with Gasteiger partial charge in [0.25, 0.3) is 5.91 Å². The molecule has 2 N–H and O–H groups in total. The van der Waals surface area contributed by atoms with Crippen molar-refractivity contribution in [2.75, 3.05) is 5.75 Å². The fourth-order valence-electron chi connectivity index (χ4n) is 1.21. The van der Waals surface area contributed by atoms with Gasteiger partial charge in [-0.05, 0) is 19.1 Å². The zero-order valence-electron chi connectivity index (χ0n) is 8.80. The van der Waals surface area contributed by atoms with Gasteiger partial charge in [-0.3, -0.25) is 4.79 Å². The van der Waals surface area contributed by atoms with Crippen molar-refractivity contribution in [3.05, 3.63) is 35.4 Å². The topological polar surface area (TPSA) is 66.4 Å². The maximum Gasteiger partial charge on any atom is 0.327 e. The van der Waals surface area contributed by atoms with Crippen LogP contribution in [0.15, 0.2) is 24.3 Å². The minimum atomic E-state index is -1.09. The predicted molar refractivity (Wildman–Crippen MR) is 63.9 cm³/mol. The molecule has 0 fully saturated rings. The number of hydrogen-bond donors (Lipinski definition) is 3. The fourth-order valence-corrected chi connectivity index (χ4v) is 1.46. The summed E-state index contributed by atoms with van der Waals surface area (Å²) in [6.45, 7) is 1.87. The highest BCUT2D eigenvalue weighted by Gasteiger charge is 2.18. The predicted octanol–water partition coefficient (Wildman–Crippen LogP) is 1.11. The molecule has 4 nitrogen and oxygen atoms in total. The Morgan fingerprint density at radius 3 is 2.69 bits per heavy atom. The molecule has 0 bridgehead atoms. The van der Waals surface area contributed by atoms with Gasteiger partial charge in [0.05, 0.1) is 0 Å². The van der Waals surface area contributed by atoms with E-state index in [1.165, 1.54) is 0 Å². The second-order valence-electron chi connectivity index (χ2n) is 3.42. The zero-order valence-corrected chi connectivity index (χ0v) is 9.70. The lowest BCUT2D eigenvalue weighted by atomic mass is 10.1. The van der Waals surface area contributed by atoms with Crippen molar-refractivity contribution in [1.82, 2.24) is 5.32 Å². The number of hydrogen-bond acceptors (Lipinski definition) is 3. The normalized spacial score (nSPS) is 11.9. The Hall–Kier alpha value is -1.49. The standard InChI is InChI=1S/C11H13NO3S/c1-7-3-2-4-8(5-7)10(13)12-9(6-16)11(14)15/h2-5,9,16H,6H2,1H3,(H,12,13)(H,14,15)/t9-/m0/s1. The summed E-state index contributed by atoms with van der Waals surface area (Å²) < 4.78 is 0. The molecule has 0 aliphatic heterocycles. The largest absolute Gasteiger partial charge is 0.480 e. The minimum Gasteiger partial charge on any atom is -0.480 e. The van der Waals surface area contributed by atoms with Gasteiger partial charge in [-0.2, -0.15) is 12.6 Å². The monoisotopic (exact) mass is 239 g/mol. The van der Waals surface area contributed by atoms with Crippen LogP contribution < -0.4 is 5.32 Å². The number of aryl methyl sites for hydroxylation is 1. The minimum absolute atomic E-state index is 0.0624. The molecule has 86 valence electrons. The van der Waals surface area contributed by atoms with E-state index >= 15 is 0 Å². The van der Waals surface area contributed by atoms with Crippen LogP contribution in [0.1, 0.15) is 15.9 Å². The average molecular weight is 239 g/mol. The van der Waals surface area contributed by atoms with Crippen LogP contribution in [0.3, 0.4) is 0 Å². The number of rotatable bonds is 4. The number of carbonyl (C=O) groups is 2. The third-order valence-corrected chi connectivity index (χ3v) is 2.43. The van der Waals surface area contributed by atoms with E-state index in [4.69, 9.17) is 5.11 Å². The number of thiol groups is 1. The van der Waals surface area contributed by atoms with E-state index in [0.717, 1.165) is 5.56 Å². The first-order valence-electron chi connectivity index (χ1n) is 4.76. The van der Waals surface area contributed by atoms with Crippen LogP contribution in [0.4, 0.5) is 0 Å². The van der Waals surface area contributed by atoms with Gasteiger partial charge in [0.2, 0.25) is 0 Å². The number of benzene rings is 1. The Kier molecular flexibility index (Phi) is 4.37. The third-order valence-electron chi connectivity index (χ3n) is 2.07. The van der Waals surface area contributed by atoms with E-state index in [-0.39, 0.29) is 5.75 Å². The average Bonchev–Trinajstić information content (AvgIpc) is 2.25. The summed E-state index contributed by atoms with van der Waals surface area (Å²) in [7, 11) is 0. The molecule has 0 unspecified atom stereocenters. The van der Waals surface area contributed by atoms with E-state index in [1.807, 2.05) is 13.0 Å². The molecule has 0 aromatic heterocycles. The number of carboxylic acid groups (broad SMARTS) is 1. The van der Waals surface area contributed by atoms with Crippen molar-refractivity contribution >= 4 is 24.5 Å². The van der Waals surface area contributed by atoms with Gasteiger partial charge in [-0.1, -0.05) is 17.7 Å². The SMILES string of the molecule is Cc1cccc(C(=O)N[C@@H](CS)C(=O)O)c1. The van der Waals surface area contributed by atoms with Crippen molar-refractivity contribution in [3.63, 3.8) is 0 Å². The molecule has 1 aromatic rings. The maximum absolute atomic E-state index is 11.7. The summed E-state index contributed by atoms with van der Waals surface area (Å²) in [5, 5.41) is 11.2. The van der Waals surface area contributed by atoms with Crippen LogP contribution in [0.25, 0.3) is 0 Å². The van der Waals surface area contributed by atoms with Crippen molar-refractivity contribution in [3.8, 4) is 0 Å². The molecule has 5 heteroatoms. The molecule has 1 atom stereocenters. The molecule has 0 heterocycles. The molecular formula is C11H13NO3S. The first-order valence-corrected chi connectivity index (χ1v) is 5.39. The molecule has 1 aromatic carbocycles. The summed E-state index contributed by atoms with van der Waals surface area (Å²) in [6.07, 6.45) is 0. The molecule has 0 saturated heterocycles. The number of aliphatic carboxylic acids is 1. The van der Waals surface area contributed by atoms with Gasteiger partial charge < -0.3 is 10.4 Å². The van der Waals surface area contributed by atoms with Crippen LogP contribution in [0, 0.1) is 6.92 Å². The number of carboxylic acids is 1. The lowest BCUT2D eigenvalue weighted by Crippen LogP contribution is -2.42. The van der Waals surface area contributed by atoms with Crippen LogP contribution in [-0.4, -0.2) is 28.8 Å². The number of carbonyl (C=O) groups excluding carboxylic acids is 1. The fraction of sp³-hybridized carbons (Fsp3) is 0.273. The molecule has 0 saturated carbocycles. The first-order chi connectivity index (χ1) is 7.54. The van der Waals surface area contributed by atoms with Crippen molar-refractivity contribution in [2.45, 2.75) is 13.0 Å². The van der Waals surface area contributed by atoms with E-state index in [0.29, 0.717) is 5.56 Å². The maximum atomic E-state index is 11.7. The highest BCUT2D eigenvalue weighted by atomic mass is 32.1. The summed E-state index contributed by atoms with van der Waals surface area (Å²) >= 11 is 3.87. The second kappa shape index (κ2) is 5.55. The number of amides is 1. The van der Waals surface area contributed by atoms with Gasteiger partial charge in [0, 0.05) is 11.3 Å². The van der Waals surface area contributed by atoms with Gasteiger partial charge in [-0.25, -0.2) is 4.79 Å². The first kappa shape index (κ1) is 12.6. The van der Waals surface area contributed by atoms with Crippen molar-refractivity contribution in [2.24, 2.45) is 0 Å². The highest BCUT2D eigenvalue weighted by molar-refractivity contribution is 7.80. The smallest absolute Gasteiger partial charge is 0.327 e. The van der Waals surface area contributed by atoms with E-state index in [1.54, 1.807) is 18.2 Å². The molecule has 16 heavy (non-hydrogen) atoms. The number of nitrogens with one attached hydrogen (secondary N) is 1. The Morgan fingerprint density at radius 1 is 1.50 bits per heavy atom. The van der Waals surface area contributed by atoms with Gasteiger partial charge in [0.1, 0.15) is 6.04 Å². The molecule has 0 aliphatic rings.